The highest BCUT2D eigenvalue weighted by Crippen LogP contribution is 2.54. The smallest absolute Gasteiger partial charge is 0.430 e. The molecule has 0 spiro atoms. The minimum atomic E-state index is -6.04. The van der Waals surface area contributed by atoms with Gasteiger partial charge in [-0.1, -0.05) is 31.2 Å². The van der Waals surface area contributed by atoms with Gasteiger partial charge in [-0.3, -0.25) is 4.79 Å². The summed E-state index contributed by atoms with van der Waals surface area (Å²) in [6.45, 7) is -3.24. The number of nitrogens with one attached hydrogen (secondary N) is 1. The topological polar surface area (TPSA) is 129 Å². The molecule has 1 aliphatic heterocycles. The van der Waals surface area contributed by atoms with E-state index in [1.165, 1.54) is 60.4 Å². The normalized spacial score (nSPS) is 17.7. The van der Waals surface area contributed by atoms with Crippen molar-refractivity contribution in [3.05, 3.63) is 89.5 Å². The molecule has 1 heterocycles. The molecule has 18 heteroatoms. The Balaban J connectivity index is 1.59. The zero-order valence-electron chi connectivity index (χ0n) is 26.6. The molecule has 1 saturated heterocycles. The lowest BCUT2D eigenvalue weighted by Crippen LogP contribution is -2.57. The van der Waals surface area contributed by atoms with Gasteiger partial charge < -0.3 is 24.8 Å². The van der Waals surface area contributed by atoms with Gasteiger partial charge in [0.15, 0.2) is 9.84 Å². The van der Waals surface area contributed by atoms with E-state index in [0.29, 0.717) is 29.8 Å². The van der Waals surface area contributed by atoms with E-state index in [-0.39, 0.29) is 28.3 Å². The molecule has 9 nitrogen and oxygen atoms in total. The van der Waals surface area contributed by atoms with Crippen molar-refractivity contribution in [2.24, 2.45) is 0 Å². The molecular weight excluding hydrogens is 718 g/mol. The molecule has 1 unspecified atom stereocenters. The van der Waals surface area contributed by atoms with E-state index in [2.05, 4.69) is 10.1 Å². The first-order valence-corrected chi connectivity index (χ1v) is 16.9. The van der Waals surface area contributed by atoms with Crippen molar-refractivity contribution in [3.63, 3.8) is 0 Å². The third-order valence-electron chi connectivity index (χ3n) is 8.29. The van der Waals surface area contributed by atoms with E-state index < -0.39 is 89.4 Å². The molecule has 0 bridgehead atoms. The SMILES string of the molecule is CCS(=O)(=O)c1ccc([C@H](CC#N)NC(=O)c2ccc(N3C[C@@H](OC(c4ccc(O)cc4)(C(F)(F)F)C(F)(F)F)CC3COC(F)F)cc2)cc1. The summed E-state index contributed by atoms with van der Waals surface area (Å²) >= 11 is 0. The Morgan fingerprint density at radius 2 is 1.57 bits per heavy atom. The summed E-state index contributed by atoms with van der Waals surface area (Å²) in [6.07, 6.45) is -14.7. The lowest BCUT2D eigenvalue weighted by atomic mass is 9.91. The highest BCUT2D eigenvalue weighted by atomic mass is 32.2. The summed E-state index contributed by atoms with van der Waals surface area (Å²) < 4.78 is 146. The van der Waals surface area contributed by atoms with Crippen LogP contribution < -0.4 is 10.2 Å². The number of carbonyl (C=O) groups excluding carboxylic acids is 1. The van der Waals surface area contributed by atoms with Crippen LogP contribution in [0.1, 0.15) is 47.3 Å². The van der Waals surface area contributed by atoms with E-state index in [1.54, 1.807) is 0 Å². The summed E-state index contributed by atoms with van der Waals surface area (Å²) in [5.74, 6) is -1.40. The summed E-state index contributed by atoms with van der Waals surface area (Å²) in [5, 5.41) is 21.5. The number of anilines is 1. The number of carbonyl (C=O) groups is 1. The monoisotopic (exact) mass is 749 g/mol. The molecule has 276 valence electrons. The predicted octanol–water partition coefficient (Wildman–Crippen LogP) is 6.79. The van der Waals surface area contributed by atoms with Crippen molar-refractivity contribution < 1.29 is 62.9 Å². The number of hydrogen-bond acceptors (Lipinski definition) is 8. The number of amides is 1. The van der Waals surface area contributed by atoms with Crippen molar-refractivity contribution >= 4 is 21.4 Å². The number of sulfone groups is 1. The molecule has 2 N–H and O–H groups in total. The second-order valence-corrected chi connectivity index (χ2v) is 13.8. The minimum absolute atomic E-state index is 0.0275. The molecule has 1 fully saturated rings. The van der Waals surface area contributed by atoms with Crippen molar-refractivity contribution in [1.29, 1.82) is 5.26 Å². The van der Waals surface area contributed by atoms with E-state index in [9.17, 15) is 58.7 Å². The largest absolute Gasteiger partial charge is 0.508 e. The number of aromatic hydroxyl groups is 1. The second-order valence-electron chi connectivity index (χ2n) is 11.5. The first-order valence-electron chi connectivity index (χ1n) is 15.2. The fourth-order valence-electron chi connectivity index (χ4n) is 5.72. The maximum atomic E-state index is 14.4. The summed E-state index contributed by atoms with van der Waals surface area (Å²) in [4.78, 5) is 14.4. The number of phenols is 1. The molecule has 0 saturated carbocycles. The highest BCUT2D eigenvalue weighted by Gasteiger charge is 2.74. The number of nitriles is 1. The highest BCUT2D eigenvalue weighted by molar-refractivity contribution is 7.91. The number of alkyl halides is 8. The molecule has 1 aliphatic rings. The molecule has 3 aromatic carbocycles. The Bertz CT molecular complexity index is 1780. The van der Waals surface area contributed by atoms with Gasteiger partial charge in [0.2, 0.25) is 0 Å². The van der Waals surface area contributed by atoms with Crippen molar-refractivity contribution in [2.45, 2.75) is 67.4 Å². The molecule has 3 aromatic rings. The third kappa shape index (κ3) is 8.71. The minimum Gasteiger partial charge on any atom is -0.508 e. The van der Waals surface area contributed by atoms with Gasteiger partial charge in [-0.15, -0.1) is 0 Å². The van der Waals surface area contributed by atoms with Crippen molar-refractivity contribution in [1.82, 2.24) is 5.32 Å². The van der Waals surface area contributed by atoms with Crippen molar-refractivity contribution in [3.8, 4) is 11.8 Å². The quantitative estimate of drug-likeness (QED) is 0.183. The number of nitrogens with zero attached hydrogens (tertiary/aromatic N) is 2. The number of rotatable bonds is 13. The van der Waals surface area contributed by atoms with Crippen LogP contribution in [0.4, 0.5) is 40.8 Å². The summed E-state index contributed by atoms with van der Waals surface area (Å²) in [5.41, 5.74) is -5.60. The Hall–Kier alpha value is -4.47. The van der Waals surface area contributed by atoms with Crippen LogP contribution in [0.25, 0.3) is 0 Å². The lowest BCUT2D eigenvalue weighted by Gasteiger charge is -2.39. The van der Waals surface area contributed by atoms with Gasteiger partial charge in [-0.25, -0.2) is 8.42 Å². The third-order valence-corrected chi connectivity index (χ3v) is 10.0. The zero-order chi connectivity index (χ0) is 37.8. The van der Waals surface area contributed by atoms with Gasteiger partial charge >= 0.3 is 19.0 Å². The van der Waals surface area contributed by atoms with Gasteiger partial charge in [0, 0.05) is 23.4 Å². The van der Waals surface area contributed by atoms with E-state index in [4.69, 9.17) is 4.74 Å². The molecule has 0 aliphatic carbocycles. The Morgan fingerprint density at radius 1 is 0.980 bits per heavy atom. The lowest BCUT2D eigenvalue weighted by molar-refractivity contribution is -0.397. The molecular formula is C33H31F8N3O6S. The van der Waals surface area contributed by atoms with Gasteiger partial charge in [-0.2, -0.15) is 40.4 Å². The number of halogens is 8. The second kappa shape index (κ2) is 15.4. The van der Waals surface area contributed by atoms with Gasteiger partial charge in [0.1, 0.15) is 5.75 Å². The van der Waals surface area contributed by atoms with E-state index in [0.717, 1.165) is 0 Å². The van der Waals surface area contributed by atoms with Gasteiger partial charge in [0.25, 0.3) is 11.5 Å². The van der Waals surface area contributed by atoms with Gasteiger partial charge in [0.05, 0.1) is 47.9 Å². The molecule has 51 heavy (non-hydrogen) atoms. The maximum Gasteiger partial charge on any atom is 0.430 e. The summed E-state index contributed by atoms with van der Waals surface area (Å²) in [7, 11) is -3.50. The van der Waals surface area contributed by atoms with Crippen LogP contribution in [-0.4, -0.2) is 69.4 Å². The van der Waals surface area contributed by atoms with E-state index in [1.807, 2.05) is 6.07 Å². The molecule has 3 atom stereocenters. The van der Waals surface area contributed by atoms with Crippen LogP contribution in [0, 0.1) is 11.3 Å². The summed E-state index contributed by atoms with van der Waals surface area (Å²) in [6, 6.07) is 12.8. The van der Waals surface area contributed by atoms with Crippen LogP contribution in [0.2, 0.25) is 0 Å². The fraction of sp³-hybridized carbons (Fsp3) is 0.394. The van der Waals surface area contributed by atoms with Crippen LogP contribution >= 0.6 is 0 Å². The number of phenolic OH excluding ortho intramolecular Hbond substituents is 1. The first kappa shape index (κ1) is 39.3. The molecule has 4 rings (SSSR count). The van der Waals surface area contributed by atoms with Crippen LogP contribution in [0.5, 0.6) is 5.75 Å². The van der Waals surface area contributed by atoms with Crippen molar-refractivity contribution in [2.75, 3.05) is 23.8 Å². The first-order chi connectivity index (χ1) is 23.8. The Labute approximate surface area is 287 Å². The Kier molecular flexibility index (Phi) is 11.9. The van der Waals surface area contributed by atoms with Crippen LogP contribution in [-0.2, 0) is 24.9 Å². The number of hydrogen-bond donors (Lipinski definition) is 2. The van der Waals surface area contributed by atoms with Gasteiger partial charge in [-0.05, 0) is 60.5 Å². The standard InChI is InChI=1S/C33H31F8N3O6S/c1-2-51(47,48)27-13-5-20(6-14-27)28(15-16-42)43-29(46)21-3-9-23(10-4-21)44-18-26(17-24(44)19-49-30(34)35)50-31(32(36,37)38,33(39,40)41)22-7-11-25(45)12-8-22/h3-14,24,26,28,30,45H,2,15,17-19H2,1H3,(H,43,46)/t24?,26-,28-/m0/s1. The fourth-order valence-corrected chi connectivity index (χ4v) is 6.60. The molecule has 0 radical (unpaired) electrons. The number of ether oxygens (including phenoxy) is 2. The average Bonchev–Trinajstić information content (AvgIpc) is 3.48. The van der Waals surface area contributed by atoms with Crippen LogP contribution in [0.15, 0.2) is 77.7 Å². The average molecular weight is 750 g/mol. The predicted molar refractivity (Wildman–Crippen MR) is 166 cm³/mol. The Morgan fingerprint density at radius 3 is 2.08 bits per heavy atom. The zero-order valence-corrected chi connectivity index (χ0v) is 27.4. The molecule has 0 aromatic heterocycles. The van der Waals surface area contributed by atoms with E-state index >= 15 is 0 Å². The molecule has 1 amide bonds. The maximum absolute atomic E-state index is 14.4. The number of benzene rings is 3. The van der Waals surface area contributed by atoms with Crippen LogP contribution in [0.3, 0.4) is 0 Å².